The lowest BCUT2D eigenvalue weighted by molar-refractivity contribution is 0.0890. The van der Waals surface area contributed by atoms with Gasteiger partial charge in [0, 0.05) is 38.8 Å². The molecule has 1 saturated heterocycles. The average Bonchev–Trinajstić information content (AvgIpc) is 2.93. The Labute approximate surface area is 126 Å². The van der Waals surface area contributed by atoms with Gasteiger partial charge in [0.05, 0.1) is 0 Å². The van der Waals surface area contributed by atoms with Crippen LogP contribution in [0.2, 0.25) is 0 Å². The molecule has 1 aliphatic carbocycles. The van der Waals surface area contributed by atoms with Gasteiger partial charge in [-0.3, -0.25) is 4.90 Å². The SMILES string of the molecule is CC(C)CNCC(C)CN1CCN(C2CCCC2)CC1. The third kappa shape index (κ3) is 5.34. The van der Waals surface area contributed by atoms with E-state index in [0.717, 1.165) is 24.4 Å². The van der Waals surface area contributed by atoms with Gasteiger partial charge in [0.2, 0.25) is 0 Å². The second-order valence-corrected chi connectivity index (χ2v) is 7.43. The molecule has 0 aromatic rings. The number of piperazine rings is 1. The molecule has 0 amide bonds. The van der Waals surface area contributed by atoms with Crippen LogP contribution in [0.1, 0.15) is 46.5 Å². The molecule has 2 aliphatic rings. The summed E-state index contributed by atoms with van der Waals surface area (Å²) in [4.78, 5) is 5.43. The van der Waals surface area contributed by atoms with E-state index >= 15 is 0 Å². The largest absolute Gasteiger partial charge is 0.316 e. The highest BCUT2D eigenvalue weighted by Crippen LogP contribution is 2.24. The summed E-state index contributed by atoms with van der Waals surface area (Å²) in [6, 6.07) is 0.919. The van der Waals surface area contributed by atoms with Crippen LogP contribution in [0.5, 0.6) is 0 Å². The van der Waals surface area contributed by atoms with Gasteiger partial charge in [-0.25, -0.2) is 0 Å². The smallest absolute Gasteiger partial charge is 0.0113 e. The molecule has 1 unspecified atom stereocenters. The molecule has 1 atom stereocenters. The summed E-state index contributed by atoms with van der Waals surface area (Å²) >= 11 is 0. The second-order valence-electron chi connectivity index (χ2n) is 7.43. The molecule has 1 saturated carbocycles. The van der Waals surface area contributed by atoms with Crippen LogP contribution in [-0.2, 0) is 0 Å². The summed E-state index contributed by atoms with van der Waals surface area (Å²) in [6.45, 7) is 15.7. The first-order valence-corrected chi connectivity index (χ1v) is 8.82. The molecule has 0 spiro atoms. The Morgan fingerprint density at radius 1 is 0.950 bits per heavy atom. The van der Waals surface area contributed by atoms with E-state index in [-0.39, 0.29) is 0 Å². The van der Waals surface area contributed by atoms with E-state index in [0.29, 0.717) is 0 Å². The molecule has 0 aromatic carbocycles. The Morgan fingerprint density at radius 3 is 2.20 bits per heavy atom. The van der Waals surface area contributed by atoms with E-state index < -0.39 is 0 Å². The lowest BCUT2D eigenvalue weighted by atomic mass is 10.1. The highest BCUT2D eigenvalue weighted by molar-refractivity contribution is 4.82. The molecule has 3 heteroatoms. The van der Waals surface area contributed by atoms with Crippen molar-refractivity contribution in [1.82, 2.24) is 15.1 Å². The summed E-state index contributed by atoms with van der Waals surface area (Å²) in [7, 11) is 0. The zero-order valence-corrected chi connectivity index (χ0v) is 13.9. The Bertz CT molecular complexity index is 253. The fourth-order valence-corrected chi connectivity index (χ4v) is 3.70. The fraction of sp³-hybridized carbons (Fsp3) is 1.00. The van der Waals surface area contributed by atoms with Gasteiger partial charge in [0.1, 0.15) is 0 Å². The number of hydrogen-bond donors (Lipinski definition) is 1. The van der Waals surface area contributed by atoms with Crippen molar-refractivity contribution in [3.05, 3.63) is 0 Å². The predicted octanol–water partition coefficient (Wildman–Crippen LogP) is 2.43. The highest BCUT2D eigenvalue weighted by atomic mass is 15.3. The van der Waals surface area contributed by atoms with Gasteiger partial charge in [-0.05, 0) is 37.8 Å². The minimum Gasteiger partial charge on any atom is -0.316 e. The molecular weight excluding hydrogens is 246 g/mol. The van der Waals surface area contributed by atoms with Crippen molar-refractivity contribution >= 4 is 0 Å². The van der Waals surface area contributed by atoms with Gasteiger partial charge in [0.15, 0.2) is 0 Å². The van der Waals surface area contributed by atoms with Crippen LogP contribution in [0.25, 0.3) is 0 Å². The minimum absolute atomic E-state index is 0.761. The summed E-state index contributed by atoms with van der Waals surface area (Å²) in [5, 5.41) is 3.59. The quantitative estimate of drug-likeness (QED) is 0.773. The van der Waals surface area contributed by atoms with Gasteiger partial charge >= 0.3 is 0 Å². The molecule has 1 N–H and O–H groups in total. The van der Waals surface area contributed by atoms with Crippen LogP contribution in [-0.4, -0.2) is 61.7 Å². The van der Waals surface area contributed by atoms with Crippen molar-refractivity contribution in [3.63, 3.8) is 0 Å². The molecule has 20 heavy (non-hydrogen) atoms. The van der Waals surface area contributed by atoms with E-state index in [2.05, 4.69) is 35.9 Å². The van der Waals surface area contributed by atoms with Crippen LogP contribution in [0.3, 0.4) is 0 Å². The summed E-state index contributed by atoms with van der Waals surface area (Å²) in [5.74, 6) is 1.53. The van der Waals surface area contributed by atoms with Crippen LogP contribution >= 0.6 is 0 Å². The van der Waals surface area contributed by atoms with Gasteiger partial charge in [-0.15, -0.1) is 0 Å². The van der Waals surface area contributed by atoms with Crippen molar-refractivity contribution in [3.8, 4) is 0 Å². The summed E-state index contributed by atoms with van der Waals surface area (Å²) in [6.07, 6.45) is 5.83. The van der Waals surface area contributed by atoms with E-state index in [9.17, 15) is 0 Å². The van der Waals surface area contributed by atoms with Crippen LogP contribution in [0.4, 0.5) is 0 Å². The van der Waals surface area contributed by atoms with E-state index in [1.807, 2.05) is 0 Å². The van der Waals surface area contributed by atoms with Crippen molar-refractivity contribution in [2.24, 2.45) is 11.8 Å². The van der Waals surface area contributed by atoms with Crippen molar-refractivity contribution < 1.29 is 0 Å². The van der Waals surface area contributed by atoms with E-state index in [4.69, 9.17) is 0 Å². The summed E-state index contributed by atoms with van der Waals surface area (Å²) < 4.78 is 0. The first kappa shape index (κ1) is 16.3. The van der Waals surface area contributed by atoms with Crippen molar-refractivity contribution in [1.29, 1.82) is 0 Å². The van der Waals surface area contributed by atoms with Gasteiger partial charge in [-0.2, -0.15) is 0 Å². The van der Waals surface area contributed by atoms with Crippen LogP contribution in [0, 0.1) is 11.8 Å². The molecule has 2 rings (SSSR count). The minimum atomic E-state index is 0.761. The summed E-state index contributed by atoms with van der Waals surface area (Å²) in [5.41, 5.74) is 0. The number of nitrogens with zero attached hydrogens (tertiary/aromatic N) is 2. The highest BCUT2D eigenvalue weighted by Gasteiger charge is 2.26. The molecule has 0 aromatic heterocycles. The molecule has 1 aliphatic heterocycles. The first-order valence-electron chi connectivity index (χ1n) is 8.82. The molecular formula is C17H35N3. The standard InChI is InChI=1S/C17H35N3/c1-15(2)12-18-13-16(3)14-19-8-10-20(11-9-19)17-6-4-5-7-17/h15-18H,4-14H2,1-3H3. The van der Waals surface area contributed by atoms with Crippen LogP contribution < -0.4 is 5.32 Å². The third-order valence-corrected chi connectivity index (χ3v) is 4.86. The lowest BCUT2D eigenvalue weighted by Gasteiger charge is -2.39. The van der Waals surface area contributed by atoms with Gasteiger partial charge in [-0.1, -0.05) is 33.6 Å². The molecule has 0 radical (unpaired) electrons. The molecule has 3 nitrogen and oxygen atoms in total. The number of rotatable bonds is 7. The predicted molar refractivity (Wildman–Crippen MR) is 87.1 cm³/mol. The maximum Gasteiger partial charge on any atom is 0.0113 e. The van der Waals surface area contributed by atoms with Gasteiger partial charge in [0.25, 0.3) is 0 Å². The second kappa shape index (κ2) is 8.35. The molecule has 1 heterocycles. The molecule has 0 bridgehead atoms. The number of nitrogens with one attached hydrogen (secondary N) is 1. The normalized spacial score (nSPS) is 24.6. The Hall–Kier alpha value is -0.120. The lowest BCUT2D eigenvalue weighted by Crippen LogP contribution is -2.51. The average molecular weight is 281 g/mol. The Kier molecular flexibility index (Phi) is 6.79. The maximum atomic E-state index is 3.59. The zero-order chi connectivity index (χ0) is 14.4. The molecule has 118 valence electrons. The number of hydrogen-bond acceptors (Lipinski definition) is 3. The fourth-order valence-electron chi connectivity index (χ4n) is 3.70. The van der Waals surface area contributed by atoms with Crippen molar-refractivity contribution in [2.75, 3.05) is 45.8 Å². The maximum absolute atomic E-state index is 3.59. The van der Waals surface area contributed by atoms with Crippen molar-refractivity contribution in [2.45, 2.75) is 52.5 Å². The Morgan fingerprint density at radius 2 is 1.60 bits per heavy atom. The first-order chi connectivity index (χ1) is 9.65. The van der Waals surface area contributed by atoms with E-state index in [1.165, 1.54) is 65.0 Å². The molecule has 2 fully saturated rings. The topological polar surface area (TPSA) is 18.5 Å². The van der Waals surface area contributed by atoms with Gasteiger partial charge < -0.3 is 10.2 Å². The Balaban J connectivity index is 1.58. The van der Waals surface area contributed by atoms with E-state index in [1.54, 1.807) is 0 Å². The van der Waals surface area contributed by atoms with Crippen LogP contribution in [0.15, 0.2) is 0 Å². The monoisotopic (exact) mass is 281 g/mol. The third-order valence-electron chi connectivity index (χ3n) is 4.86. The zero-order valence-electron chi connectivity index (χ0n) is 13.9.